The fraction of sp³-hybridized carbons (Fsp3) is 0.750. The van der Waals surface area contributed by atoms with Gasteiger partial charge in [-0.3, -0.25) is 4.90 Å². The predicted molar refractivity (Wildman–Crippen MR) is 71.9 cm³/mol. The Balaban J connectivity index is 1.98. The summed E-state index contributed by atoms with van der Waals surface area (Å²) in [6.07, 6.45) is 4.60. The molecule has 106 valence electrons. The molecule has 3 N–H and O–H groups in total. The van der Waals surface area contributed by atoms with Crippen LogP contribution in [0, 0.1) is 0 Å². The lowest BCUT2D eigenvalue weighted by Crippen LogP contribution is -2.31. The molecule has 0 amide bonds. The maximum atomic E-state index is 8.59. The van der Waals surface area contributed by atoms with Gasteiger partial charge in [0, 0.05) is 25.0 Å². The Morgan fingerprint density at radius 1 is 1.63 bits per heavy atom. The van der Waals surface area contributed by atoms with Crippen LogP contribution in [0.4, 0.5) is 0 Å². The van der Waals surface area contributed by atoms with E-state index in [0.29, 0.717) is 18.5 Å². The molecule has 1 aromatic heterocycles. The lowest BCUT2D eigenvalue weighted by Gasteiger charge is -2.22. The second kappa shape index (κ2) is 6.01. The number of nitrogens with two attached hydrogens (primary N) is 1. The number of oxime groups is 1. The van der Waals surface area contributed by atoms with Crippen molar-refractivity contribution in [3.05, 3.63) is 12.2 Å². The highest BCUT2D eigenvalue weighted by Crippen LogP contribution is 2.28. The molecule has 7 heteroatoms. The summed E-state index contributed by atoms with van der Waals surface area (Å²) < 4.78 is 1.94. The molecule has 0 unspecified atom stereocenters. The van der Waals surface area contributed by atoms with E-state index in [9.17, 15) is 0 Å². The van der Waals surface area contributed by atoms with Crippen LogP contribution in [0.15, 0.2) is 11.5 Å². The summed E-state index contributed by atoms with van der Waals surface area (Å²) in [6.45, 7) is 5.74. The van der Waals surface area contributed by atoms with Crippen molar-refractivity contribution >= 4 is 5.84 Å². The minimum atomic E-state index is 0.274. The van der Waals surface area contributed by atoms with Gasteiger partial charge >= 0.3 is 0 Å². The molecule has 0 spiro atoms. The fourth-order valence-corrected chi connectivity index (χ4v) is 2.14. The van der Waals surface area contributed by atoms with E-state index in [1.807, 2.05) is 4.68 Å². The van der Waals surface area contributed by atoms with Crippen molar-refractivity contribution in [1.29, 1.82) is 0 Å². The number of nitrogens with zero attached hydrogens (tertiary/aromatic N) is 5. The van der Waals surface area contributed by atoms with Crippen LogP contribution >= 0.6 is 0 Å². The van der Waals surface area contributed by atoms with Crippen LogP contribution in [-0.2, 0) is 6.54 Å². The molecule has 1 aliphatic carbocycles. The maximum absolute atomic E-state index is 8.59. The molecule has 0 saturated heterocycles. The molecular weight excluding hydrogens is 244 g/mol. The van der Waals surface area contributed by atoms with E-state index in [1.54, 1.807) is 6.33 Å². The van der Waals surface area contributed by atoms with Crippen molar-refractivity contribution in [3.8, 4) is 0 Å². The average molecular weight is 266 g/mol. The zero-order chi connectivity index (χ0) is 13.8. The van der Waals surface area contributed by atoms with Gasteiger partial charge in [0.2, 0.25) is 0 Å². The molecule has 1 aliphatic rings. The molecule has 7 nitrogen and oxygen atoms in total. The molecule has 0 radical (unpaired) electrons. The normalized spacial score (nSPS) is 16.5. The van der Waals surface area contributed by atoms with Gasteiger partial charge < -0.3 is 10.9 Å². The van der Waals surface area contributed by atoms with Crippen LogP contribution in [0.3, 0.4) is 0 Å². The van der Waals surface area contributed by atoms with Crippen molar-refractivity contribution < 1.29 is 5.21 Å². The summed E-state index contributed by atoms with van der Waals surface area (Å²) in [6, 6.07) is 0.909. The Morgan fingerprint density at radius 3 is 2.95 bits per heavy atom. The Bertz CT molecular complexity index is 437. The third-order valence-corrected chi connectivity index (χ3v) is 3.33. The van der Waals surface area contributed by atoms with Crippen molar-refractivity contribution in [3.63, 3.8) is 0 Å². The number of amidine groups is 1. The van der Waals surface area contributed by atoms with Crippen LogP contribution in [0.25, 0.3) is 0 Å². The SMILES string of the molecule is CC(C)n1ncnc1CN(CCC(N)=NO)C1CC1. The quantitative estimate of drug-likeness (QED) is 0.332. The lowest BCUT2D eigenvalue weighted by atomic mass is 10.3. The molecule has 0 atom stereocenters. The molecule has 0 aliphatic heterocycles. The van der Waals surface area contributed by atoms with E-state index in [2.05, 4.69) is 34.0 Å². The van der Waals surface area contributed by atoms with Gasteiger partial charge in [-0.2, -0.15) is 5.10 Å². The van der Waals surface area contributed by atoms with E-state index in [1.165, 1.54) is 12.8 Å². The highest BCUT2D eigenvalue weighted by molar-refractivity contribution is 5.79. The first-order chi connectivity index (χ1) is 9.11. The average Bonchev–Trinajstić information content (AvgIpc) is 3.12. The molecule has 0 aromatic carbocycles. The van der Waals surface area contributed by atoms with Crippen LogP contribution in [0.1, 0.15) is 45.0 Å². The second-order valence-corrected chi connectivity index (χ2v) is 5.26. The third-order valence-electron chi connectivity index (χ3n) is 3.33. The topological polar surface area (TPSA) is 92.6 Å². The van der Waals surface area contributed by atoms with Crippen molar-refractivity contribution in [1.82, 2.24) is 19.7 Å². The first kappa shape index (κ1) is 13.8. The Hall–Kier alpha value is -1.63. The minimum absolute atomic E-state index is 0.274. The largest absolute Gasteiger partial charge is 0.409 e. The molecule has 1 fully saturated rings. The Kier molecular flexibility index (Phi) is 4.36. The molecule has 0 bridgehead atoms. The first-order valence-corrected chi connectivity index (χ1v) is 6.70. The molecule has 19 heavy (non-hydrogen) atoms. The Morgan fingerprint density at radius 2 is 2.37 bits per heavy atom. The monoisotopic (exact) mass is 266 g/mol. The number of hydrogen-bond donors (Lipinski definition) is 2. The van der Waals surface area contributed by atoms with Gasteiger partial charge in [-0.05, 0) is 26.7 Å². The molecule has 1 heterocycles. The molecular formula is C12H22N6O. The lowest BCUT2D eigenvalue weighted by molar-refractivity contribution is 0.246. The van der Waals surface area contributed by atoms with Gasteiger partial charge in [0.15, 0.2) is 0 Å². The number of rotatable bonds is 7. The minimum Gasteiger partial charge on any atom is -0.409 e. The molecule has 1 saturated carbocycles. The Labute approximate surface area is 113 Å². The summed E-state index contributed by atoms with van der Waals surface area (Å²) in [5, 5.41) is 15.9. The van der Waals surface area contributed by atoms with Gasteiger partial charge in [0.05, 0.1) is 6.54 Å². The maximum Gasteiger partial charge on any atom is 0.141 e. The summed E-state index contributed by atoms with van der Waals surface area (Å²) in [5.74, 6) is 1.25. The third kappa shape index (κ3) is 3.66. The van der Waals surface area contributed by atoms with Gasteiger partial charge in [-0.1, -0.05) is 5.16 Å². The van der Waals surface area contributed by atoms with Gasteiger partial charge in [-0.25, -0.2) is 9.67 Å². The van der Waals surface area contributed by atoms with Gasteiger partial charge in [0.1, 0.15) is 18.0 Å². The highest BCUT2D eigenvalue weighted by atomic mass is 16.4. The zero-order valence-electron chi connectivity index (χ0n) is 11.5. The van der Waals surface area contributed by atoms with Crippen molar-refractivity contribution in [2.24, 2.45) is 10.9 Å². The van der Waals surface area contributed by atoms with Crippen LogP contribution in [-0.4, -0.2) is 43.3 Å². The van der Waals surface area contributed by atoms with Gasteiger partial charge in [0.25, 0.3) is 0 Å². The van der Waals surface area contributed by atoms with Crippen LogP contribution < -0.4 is 5.73 Å². The van der Waals surface area contributed by atoms with E-state index < -0.39 is 0 Å². The van der Waals surface area contributed by atoms with Crippen molar-refractivity contribution in [2.75, 3.05) is 6.54 Å². The highest BCUT2D eigenvalue weighted by Gasteiger charge is 2.30. The smallest absolute Gasteiger partial charge is 0.141 e. The van der Waals surface area contributed by atoms with E-state index in [-0.39, 0.29) is 5.84 Å². The van der Waals surface area contributed by atoms with E-state index in [4.69, 9.17) is 10.9 Å². The predicted octanol–water partition coefficient (Wildman–Crippen LogP) is 0.960. The van der Waals surface area contributed by atoms with E-state index >= 15 is 0 Å². The summed E-state index contributed by atoms with van der Waals surface area (Å²) in [4.78, 5) is 6.67. The number of hydrogen-bond acceptors (Lipinski definition) is 5. The zero-order valence-corrected chi connectivity index (χ0v) is 11.5. The van der Waals surface area contributed by atoms with Crippen LogP contribution in [0.2, 0.25) is 0 Å². The molecule has 2 rings (SSSR count). The summed E-state index contributed by atoms with van der Waals surface area (Å²) in [7, 11) is 0. The van der Waals surface area contributed by atoms with E-state index in [0.717, 1.165) is 18.9 Å². The van der Waals surface area contributed by atoms with Crippen LogP contribution in [0.5, 0.6) is 0 Å². The van der Waals surface area contributed by atoms with Crippen molar-refractivity contribution in [2.45, 2.75) is 51.7 Å². The first-order valence-electron chi connectivity index (χ1n) is 6.70. The number of aromatic nitrogens is 3. The fourth-order valence-electron chi connectivity index (χ4n) is 2.14. The standard InChI is InChI=1S/C12H22N6O/c1-9(2)18-12(14-8-15-18)7-17(10-3-4-10)6-5-11(13)16-19/h8-10,19H,3-7H2,1-2H3,(H2,13,16). The molecule has 1 aromatic rings. The van der Waals surface area contributed by atoms with Gasteiger partial charge in [-0.15, -0.1) is 0 Å². The second-order valence-electron chi connectivity index (χ2n) is 5.26. The summed E-state index contributed by atoms with van der Waals surface area (Å²) in [5.41, 5.74) is 5.53. The summed E-state index contributed by atoms with van der Waals surface area (Å²) >= 11 is 0.